The van der Waals surface area contributed by atoms with Gasteiger partial charge in [-0.3, -0.25) is 4.79 Å². The Bertz CT molecular complexity index is 194. The Kier molecular flexibility index (Phi) is 7.90. The van der Waals surface area contributed by atoms with Crippen LogP contribution in [0.4, 0.5) is 0 Å². The summed E-state index contributed by atoms with van der Waals surface area (Å²) in [7, 11) is 0. The van der Waals surface area contributed by atoms with Crippen LogP contribution in [0.25, 0.3) is 0 Å². The molecule has 0 aliphatic rings. The van der Waals surface area contributed by atoms with E-state index >= 15 is 0 Å². The van der Waals surface area contributed by atoms with Crippen molar-refractivity contribution in [2.24, 2.45) is 0 Å². The fourth-order valence-corrected chi connectivity index (χ4v) is 1.24. The van der Waals surface area contributed by atoms with Crippen molar-refractivity contribution in [3.05, 3.63) is 24.8 Å². The van der Waals surface area contributed by atoms with Crippen LogP contribution in [-0.4, -0.2) is 12.1 Å². The van der Waals surface area contributed by atoms with E-state index < -0.39 is 0 Å². The fourth-order valence-electron chi connectivity index (χ4n) is 1.24. The first kappa shape index (κ1) is 12.9. The molecule has 0 fully saturated rings. The number of carbonyl (C=O) groups excluding carboxylic acids is 1. The standard InChI is InChI=1S/C12H20O2/c1-4-6-7-8-9-10-12(5-2)14-11(3)13/h4,6-7,12H,1,5,8-10H2,2-3H3. The van der Waals surface area contributed by atoms with Crippen molar-refractivity contribution in [2.45, 2.75) is 45.6 Å². The maximum absolute atomic E-state index is 10.7. The molecule has 0 rings (SSSR count). The second-order valence-electron chi connectivity index (χ2n) is 3.23. The van der Waals surface area contributed by atoms with Crippen LogP contribution in [0.15, 0.2) is 24.8 Å². The Morgan fingerprint density at radius 1 is 1.57 bits per heavy atom. The number of esters is 1. The summed E-state index contributed by atoms with van der Waals surface area (Å²) in [6.45, 7) is 7.09. The molecule has 14 heavy (non-hydrogen) atoms. The molecule has 0 bridgehead atoms. The summed E-state index contributed by atoms with van der Waals surface area (Å²) in [4.78, 5) is 10.7. The molecular weight excluding hydrogens is 176 g/mol. The Morgan fingerprint density at radius 3 is 2.79 bits per heavy atom. The van der Waals surface area contributed by atoms with Gasteiger partial charge in [0.1, 0.15) is 6.10 Å². The quantitative estimate of drug-likeness (QED) is 0.355. The summed E-state index contributed by atoms with van der Waals surface area (Å²) in [6, 6.07) is 0. The molecule has 80 valence electrons. The third-order valence-corrected chi connectivity index (χ3v) is 1.96. The molecule has 0 saturated heterocycles. The predicted molar refractivity (Wildman–Crippen MR) is 59.0 cm³/mol. The zero-order valence-electron chi connectivity index (χ0n) is 9.16. The van der Waals surface area contributed by atoms with Crippen LogP contribution in [-0.2, 0) is 9.53 Å². The van der Waals surface area contributed by atoms with Gasteiger partial charge in [0.05, 0.1) is 0 Å². The summed E-state index contributed by atoms with van der Waals surface area (Å²) >= 11 is 0. The van der Waals surface area contributed by atoms with E-state index in [0.717, 1.165) is 25.7 Å². The smallest absolute Gasteiger partial charge is 0.302 e. The van der Waals surface area contributed by atoms with E-state index in [1.54, 1.807) is 6.08 Å². The van der Waals surface area contributed by atoms with E-state index in [2.05, 4.69) is 12.7 Å². The van der Waals surface area contributed by atoms with E-state index in [0.29, 0.717) is 0 Å². The minimum absolute atomic E-state index is 0.0876. The van der Waals surface area contributed by atoms with E-state index in [1.165, 1.54) is 6.92 Å². The lowest BCUT2D eigenvalue weighted by Crippen LogP contribution is -2.14. The average molecular weight is 196 g/mol. The topological polar surface area (TPSA) is 26.3 Å². The van der Waals surface area contributed by atoms with Gasteiger partial charge >= 0.3 is 5.97 Å². The molecule has 2 nitrogen and oxygen atoms in total. The molecule has 0 aromatic rings. The highest BCUT2D eigenvalue weighted by Gasteiger charge is 2.07. The first-order chi connectivity index (χ1) is 6.70. The maximum atomic E-state index is 10.7. The molecule has 0 aromatic heterocycles. The Balaban J connectivity index is 3.56. The SMILES string of the molecule is C=CC=CCCCC(CC)OC(C)=O. The van der Waals surface area contributed by atoms with Gasteiger partial charge in [0.25, 0.3) is 0 Å². The Morgan fingerprint density at radius 2 is 2.29 bits per heavy atom. The van der Waals surface area contributed by atoms with Gasteiger partial charge < -0.3 is 4.74 Å². The lowest BCUT2D eigenvalue weighted by Gasteiger charge is -2.13. The number of hydrogen-bond donors (Lipinski definition) is 0. The number of ether oxygens (including phenoxy) is 1. The van der Waals surface area contributed by atoms with Crippen LogP contribution in [0.3, 0.4) is 0 Å². The van der Waals surface area contributed by atoms with Gasteiger partial charge in [-0.1, -0.05) is 31.7 Å². The highest BCUT2D eigenvalue weighted by Crippen LogP contribution is 2.09. The third kappa shape index (κ3) is 7.59. The molecule has 0 aromatic carbocycles. The minimum atomic E-state index is -0.182. The summed E-state index contributed by atoms with van der Waals surface area (Å²) in [5.74, 6) is -0.182. The number of hydrogen-bond acceptors (Lipinski definition) is 2. The maximum Gasteiger partial charge on any atom is 0.302 e. The normalized spacial score (nSPS) is 12.7. The van der Waals surface area contributed by atoms with Gasteiger partial charge in [-0.2, -0.15) is 0 Å². The molecule has 0 saturated carbocycles. The number of carbonyl (C=O) groups is 1. The van der Waals surface area contributed by atoms with Gasteiger partial charge in [0.15, 0.2) is 0 Å². The van der Waals surface area contributed by atoms with Crippen LogP contribution in [0.2, 0.25) is 0 Å². The summed E-state index contributed by atoms with van der Waals surface area (Å²) in [5, 5.41) is 0. The van der Waals surface area contributed by atoms with Crippen LogP contribution >= 0.6 is 0 Å². The molecule has 2 heteroatoms. The van der Waals surface area contributed by atoms with Gasteiger partial charge in [-0.25, -0.2) is 0 Å². The highest BCUT2D eigenvalue weighted by atomic mass is 16.5. The van der Waals surface area contributed by atoms with Crippen LogP contribution < -0.4 is 0 Å². The van der Waals surface area contributed by atoms with E-state index in [1.807, 2.05) is 13.0 Å². The zero-order chi connectivity index (χ0) is 10.8. The molecule has 0 N–H and O–H groups in total. The third-order valence-electron chi connectivity index (χ3n) is 1.96. The van der Waals surface area contributed by atoms with Crippen molar-refractivity contribution in [1.82, 2.24) is 0 Å². The van der Waals surface area contributed by atoms with Gasteiger partial charge in [-0.15, -0.1) is 0 Å². The van der Waals surface area contributed by atoms with Gasteiger partial charge in [-0.05, 0) is 25.7 Å². The minimum Gasteiger partial charge on any atom is -0.463 e. The molecular formula is C12H20O2. The fraction of sp³-hybridized carbons (Fsp3) is 0.583. The number of unbranched alkanes of at least 4 members (excludes halogenated alkanes) is 1. The van der Waals surface area contributed by atoms with Crippen molar-refractivity contribution < 1.29 is 9.53 Å². The number of rotatable bonds is 7. The number of allylic oxidation sites excluding steroid dienone is 3. The Labute approximate surface area is 86.6 Å². The van der Waals surface area contributed by atoms with Crippen LogP contribution in [0.5, 0.6) is 0 Å². The molecule has 1 unspecified atom stereocenters. The summed E-state index contributed by atoms with van der Waals surface area (Å²) in [6.07, 6.45) is 9.77. The first-order valence-corrected chi connectivity index (χ1v) is 5.15. The van der Waals surface area contributed by atoms with Crippen molar-refractivity contribution >= 4 is 5.97 Å². The van der Waals surface area contributed by atoms with Crippen molar-refractivity contribution in [3.8, 4) is 0 Å². The highest BCUT2D eigenvalue weighted by molar-refractivity contribution is 5.66. The second-order valence-corrected chi connectivity index (χ2v) is 3.23. The van der Waals surface area contributed by atoms with Crippen LogP contribution in [0.1, 0.15) is 39.5 Å². The van der Waals surface area contributed by atoms with E-state index in [4.69, 9.17) is 4.74 Å². The Hall–Kier alpha value is -1.05. The van der Waals surface area contributed by atoms with E-state index in [9.17, 15) is 4.79 Å². The summed E-state index contributed by atoms with van der Waals surface area (Å²) < 4.78 is 5.12. The van der Waals surface area contributed by atoms with E-state index in [-0.39, 0.29) is 12.1 Å². The molecule has 0 amide bonds. The molecule has 0 radical (unpaired) electrons. The van der Waals surface area contributed by atoms with Crippen molar-refractivity contribution in [1.29, 1.82) is 0 Å². The largest absolute Gasteiger partial charge is 0.463 e. The zero-order valence-corrected chi connectivity index (χ0v) is 9.16. The predicted octanol–water partition coefficient (Wildman–Crippen LogP) is 3.24. The van der Waals surface area contributed by atoms with Gasteiger partial charge in [0.2, 0.25) is 0 Å². The van der Waals surface area contributed by atoms with Crippen molar-refractivity contribution in [3.63, 3.8) is 0 Å². The second kappa shape index (κ2) is 8.54. The van der Waals surface area contributed by atoms with Crippen LogP contribution in [0, 0.1) is 0 Å². The van der Waals surface area contributed by atoms with Gasteiger partial charge in [0, 0.05) is 6.92 Å². The van der Waals surface area contributed by atoms with Crippen molar-refractivity contribution in [2.75, 3.05) is 0 Å². The monoisotopic (exact) mass is 196 g/mol. The molecule has 0 spiro atoms. The average Bonchev–Trinajstić information content (AvgIpc) is 2.15. The molecule has 0 heterocycles. The molecule has 0 aliphatic carbocycles. The lowest BCUT2D eigenvalue weighted by molar-refractivity contribution is -0.146. The molecule has 1 atom stereocenters. The first-order valence-electron chi connectivity index (χ1n) is 5.15. The molecule has 0 aliphatic heterocycles. The summed E-state index contributed by atoms with van der Waals surface area (Å²) in [5.41, 5.74) is 0. The lowest BCUT2D eigenvalue weighted by atomic mass is 10.1.